The summed E-state index contributed by atoms with van der Waals surface area (Å²) in [5.74, 6) is 0. The molecule has 0 unspecified atom stereocenters. The lowest BCUT2D eigenvalue weighted by Crippen LogP contribution is -2.04. The number of aliphatic imine (C=N–C) groups is 1. The zero-order valence-electron chi connectivity index (χ0n) is 8.62. The SMILES string of the molecule is CC1=CC(=N/C(C#N)=C(/N)C#N)CCC1. The van der Waals surface area contributed by atoms with Gasteiger partial charge in [0.1, 0.15) is 17.8 Å². The summed E-state index contributed by atoms with van der Waals surface area (Å²) in [5, 5.41) is 17.3. The molecule has 1 aliphatic carbocycles. The molecular weight excluding hydrogens is 188 g/mol. The average molecular weight is 200 g/mol. The van der Waals surface area contributed by atoms with Gasteiger partial charge >= 0.3 is 0 Å². The molecule has 0 atom stereocenters. The van der Waals surface area contributed by atoms with Crippen LogP contribution in [0.3, 0.4) is 0 Å². The van der Waals surface area contributed by atoms with E-state index in [2.05, 4.69) is 4.99 Å². The molecule has 0 saturated carbocycles. The lowest BCUT2D eigenvalue weighted by molar-refractivity contribution is 0.835. The molecule has 15 heavy (non-hydrogen) atoms. The molecule has 0 saturated heterocycles. The molecule has 0 aromatic rings. The fourth-order valence-corrected chi connectivity index (χ4v) is 1.41. The van der Waals surface area contributed by atoms with Crippen molar-refractivity contribution < 1.29 is 0 Å². The number of nitrogens with zero attached hydrogens (tertiary/aromatic N) is 3. The van der Waals surface area contributed by atoms with E-state index >= 15 is 0 Å². The van der Waals surface area contributed by atoms with Crippen LogP contribution < -0.4 is 5.73 Å². The van der Waals surface area contributed by atoms with E-state index in [0.717, 1.165) is 25.0 Å². The molecule has 4 heteroatoms. The first kappa shape index (κ1) is 11.0. The van der Waals surface area contributed by atoms with E-state index in [1.54, 1.807) is 6.07 Å². The quantitative estimate of drug-likeness (QED) is 0.654. The molecule has 0 amide bonds. The molecule has 0 bridgehead atoms. The Morgan fingerprint density at radius 1 is 1.40 bits per heavy atom. The van der Waals surface area contributed by atoms with Crippen LogP contribution in [-0.4, -0.2) is 5.71 Å². The van der Waals surface area contributed by atoms with Crippen LogP contribution in [0, 0.1) is 22.7 Å². The molecule has 0 spiro atoms. The largest absolute Gasteiger partial charge is 0.388 e. The molecule has 4 nitrogen and oxygen atoms in total. The average Bonchev–Trinajstić information content (AvgIpc) is 2.25. The number of nitrogens with two attached hydrogens (primary N) is 1. The third kappa shape index (κ3) is 2.96. The first-order valence-corrected chi connectivity index (χ1v) is 4.72. The molecule has 2 N–H and O–H groups in total. The second kappa shape index (κ2) is 4.97. The predicted molar refractivity (Wildman–Crippen MR) is 57.5 cm³/mol. The summed E-state index contributed by atoms with van der Waals surface area (Å²) in [6.07, 6.45) is 4.89. The summed E-state index contributed by atoms with van der Waals surface area (Å²) in [6.45, 7) is 2.03. The highest BCUT2D eigenvalue weighted by molar-refractivity contribution is 5.97. The maximum atomic E-state index is 8.76. The Morgan fingerprint density at radius 2 is 2.13 bits per heavy atom. The molecule has 0 aromatic heterocycles. The van der Waals surface area contributed by atoms with Gasteiger partial charge in [-0.3, -0.25) is 0 Å². The zero-order chi connectivity index (χ0) is 11.3. The van der Waals surface area contributed by atoms with Gasteiger partial charge in [0.25, 0.3) is 0 Å². The van der Waals surface area contributed by atoms with E-state index in [9.17, 15) is 0 Å². The summed E-state index contributed by atoms with van der Waals surface area (Å²) in [5.41, 5.74) is 7.31. The van der Waals surface area contributed by atoms with Crippen molar-refractivity contribution in [1.29, 1.82) is 10.5 Å². The van der Waals surface area contributed by atoms with E-state index in [1.165, 1.54) is 5.57 Å². The van der Waals surface area contributed by atoms with E-state index in [1.807, 2.05) is 19.1 Å². The summed E-state index contributed by atoms with van der Waals surface area (Å²) < 4.78 is 0. The van der Waals surface area contributed by atoms with Crippen molar-refractivity contribution in [3.8, 4) is 12.1 Å². The van der Waals surface area contributed by atoms with Gasteiger partial charge in [-0.1, -0.05) is 5.57 Å². The normalized spacial score (nSPS) is 19.9. The van der Waals surface area contributed by atoms with Gasteiger partial charge in [0.2, 0.25) is 0 Å². The van der Waals surface area contributed by atoms with Crippen molar-refractivity contribution >= 4 is 5.71 Å². The monoisotopic (exact) mass is 200 g/mol. The summed E-state index contributed by atoms with van der Waals surface area (Å²) in [6, 6.07) is 3.55. The Hall–Kier alpha value is -2.07. The third-order valence-corrected chi connectivity index (χ3v) is 2.15. The Morgan fingerprint density at radius 3 is 2.67 bits per heavy atom. The van der Waals surface area contributed by atoms with Crippen LogP contribution in [0.1, 0.15) is 26.2 Å². The first-order valence-electron chi connectivity index (χ1n) is 4.72. The Labute approximate surface area is 89.0 Å². The fraction of sp³-hybridized carbons (Fsp3) is 0.364. The highest BCUT2D eigenvalue weighted by Gasteiger charge is 2.07. The maximum absolute atomic E-state index is 8.76. The van der Waals surface area contributed by atoms with Crippen LogP contribution in [0.2, 0.25) is 0 Å². The van der Waals surface area contributed by atoms with Crippen LogP contribution in [0.4, 0.5) is 0 Å². The topological polar surface area (TPSA) is 86.0 Å². The molecule has 76 valence electrons. The second-order valence-electron chi connectivity index (χ2n) is 3.43. The van der Waals surface area contributed by atoms with Crippen LogP contribution in [-0.2, 0) is 0 Å². The van der Waals surface area contributed by atoms with Crippen molar-refractivity contribution in [1.82, 2.24) is 0 Å². The molecule has 0 aliphatic heterocycles. The van der Waals surface area contributed by atoms with Crippen LogP contribution >= 0.6 is 0 Å². The lowest BCUT2D eigenvalue weighted by atomic mass is 9.99. The smallest absolute Gasteiger partial charge is 0.174 e. The molecule has 0 radical (unpaired) electrons. The van der Waals surface area contributed by atoms with Gasteiger partial charge in [0, 0.05) is 5.71 Å². The van der Waals surface area contributed by atoms with E-state index in [-0.39, 0.29) is 11.4 Å². The molecule has 0 fully saturated rings. The van der Waals surface area contributed by atoms with Gasteiger partial charge in [-0.15, -0.1) is 0 Å². The van der Waals surface area contributed by atoms with E-state index < -0.39 is 0 Å². The minimum Gasteiger partial charge on any atom is -0.388 e. The van der Waals surface area contributed by atoms with Crippen LogP contribution in [0.15, 0.2) is 28.0 Å². The summed E-state index contributed by atoms with van der Waals surface area (Å²) in [7, 11) is 0. The highest BCUT2D eigenvalue weighted by Crippen LogP contribution is 2.16. The Balaban J connectivity index is 3.03. The van der Waals surface area contributed by atoms with Gasteiger partial charge in [-0.25, -0.2) is 4.99 Å². The molecule has 0 heterocycles. The molecular formula is C11H12N4. The van der Waals surface area contributed by atoms with Crippen molar-refractivity contribution in [3.63, 3.8) is 0 Å². The standard InChI is InChI=1S/C11H12N4/c1-8-3-2-4-9(5-8)15-11(7-13)10(14)6-12/h5H,2-4,14H2,1H3/b11-10+,15-9?. The number of rotatable bonds is 1. The van der Waals surface area contributed by atoms with Gasteiger partial charge in [-0.2, -0.15) is 10.5 Å². The minimum atomic E-state index is -0.123. The molecule has 1 aliphatic rings. The predicted octanol–water partition coefficient (Wildman–Crippen LogP) is 1.78. The van der Waals surface area contributed by atoms with Crippen LogP contribution in [0.25, 0.3) is 0 Å². The van der Waals surface area contributed by atoms with Crippen molar-refractivity contribution in [2.45, 2.75) is 26.2 Å². The van der Waals surface area contributed by atoms with Crippen molar-refractivity contribution in [2.24, 2.45) is 10.7 Å². The number of hydrogen-bond acceptors (Lipinski definition) is 4. The van der Waals surface area contributed by atoms with E-state index in [0.29, 0.717) is 0 Å². The van der Waals surface area contributed by atoms with Gasteiger partial charge in [0.15, 0.2) is 5.70 Å². The van der Waals surface area contributed by atoms with Gasteiger partial charge in [0.05, 0.1) is 0 Å². The maximum Gasteiger partial charge on any atom is 0.174 e. The number of nitriles is 2. The third-order valence-electron chi connectivity index (χ3n) is 2.15. The van der Waals surface area contributed by atoms with Gasteiger partial charge in [-0.05, 0) is 32.3 Å². The van der Waals surface area contributed by atoms with Crippen LogP contribution in [0.5, 0.6) is 0 Å². The number of allylic oxidation sites excluding steroid dienone is 4. The summed E-state index contributed by atoms with van der Waals surface area (Å²) in [4.78, 5) is 4.09. The Kier molecular flexibility index (Phi) is 3.65. The molecule has 0 aromatic carbocycles. The minimum absolute atomic E-state index is 0.0125. The number of hydrogen-bond donors (Lipinski definition) is 1. The zero-order valence-corrected chi connectivity index (χ0v) is 8.62. The summed E-state index contributed by atoms with van der Waals surface area (Å²) >= 11 is 0. The first-order chi connectivity index (χ1) is 7.17. The molecule has 1 rings (SSSR count). The van der Waals surface area contributed by atoms with Crippen molar-refractivity contribution in [3.05, 3.63) is 23.0 Å². The fourth-order valence-electron chi connectivity index (χ4n) is 1.41. The van der Waals surface area contributed by atoms with E-state index in [4.69, 9.17) is 16.3 Å². The second-order valence-corrected chi connectivity index (χ2v) is 3.43. The Bertz CT molecular complexity index is 426. The lowest BCUT2D eigenvalue weighted by Gasteiger charge is -2.10. The van der Waals surface area contributed by atoms with Crippen molar-refractivity contribution in [2.75, 3.05) is 0 Å². The van der Waals surface area contributed by atoms with Gasteiger partial charge < -0.3 is 5.73 Å². The highest BCUT2D eigenvalue weighted by atomic mass is 14.8.